The number of fused-ring (bicyclic) bond motifs is 1. The molecule has 6 nitrogen and oxygen atoms in total. The Balaban J connectivity index is 1.46. The van der Waals surface area contributed by atoms with Crippen molar-refractivity contribution in [2.24, 2.45) is 5.92 Å². The molecule has 0 unspecified atom stereocenters. The van der Waals surface area contributed by atoms with Crippen LogP contribution in [-0.4, -0.2) is 43.2 Å². The quantitative estimate of drug-likeness (QED) is 0.271. The van der Waals surface area contributed by atoms with Crippen molar-refractivity contribution in [3.8, 4) is 0 Å². The number of carbonyl (C=O) groups excluding carboxylic acids is 1. The molecule has 0 spiro atoms. The van der Waals surface area contributed by atoms with E-state index < -0.39 is 23.6 Å². The first-order valence-corrected chi connectivity index (χ1v) is 11.6. The molecule has 6 heteroatoms. The Morgan fingerprint density at radius 3 is 2.42 bits per heavy atom. The number of hydrogen-bond acceptors (Lipinski definition) is 5. The lowest BCUT2D eigenvalue weighted by atomic mass is 9.80. The van der Waals surface area contributed by atoms with Crippen LogP contribution in [0.4, 0.5) is 0 Å². The van der Waals surface area contributed by atoms with E-state index in [2.05, 4.69) is 11.4 Å². The second kappa shape index (κ2) is 10.2. The summed E-state index contributed by atoms with van der Waals surface area (Å²) in [5.74, 6) is -0.981. The van der Waals surface area contributed by atoms with Crippen molar-refractivity contribution in [3.05, 3.63) is 84.1 Å². The molecule has 176 valence electrons. The fourth-order valence-corrected chi connectivity index (χ4v) is 4.90. The molecule has 1 aliphatic heterocycles. The van der Waals surface area contributed by atoms with E-state index in [4.69, 9.17) is 14.2 Å². The van der Waals surface area contributed by atoms with Crippen molar-refractivity contribution >= 4 is 5.91 Å². The molecular formula is C27H33NO5. The summed E-state index contributed by atoms with van der Waals surface area (Å²) in [6.07, 6.45) is 18.2. The molecule has 3 atom stereocenters. The Bertz CT molecular complexity index is 941. The van der Waals surface area contributed by atoms with E-state index in [1.165, 1.54) is 52.4 Å². The van der Waals surface area contributed by atoms with Crippen LogP contribution < -0.4 is 5.32 Å². The third kappa shape index (κ3) is 4.89. The van der Waals surface area contributed by atoms with E-state index >= 15 is 0 Å². The van der Waals surface area contributed by atoms with Crippen molar-refractivity contribution in [1.29, 1.82) is 0 Å². The minimum absolute atomic E-state index is 0.313. The normalized spacial score (nSPS) is 29.4. The molecule has 1 aromatic carbocycles. The highest BCUT2D eigenvalue weighted by atomic mass is 16.7. The van der Waals surface area contributed by atoms with Gasteiger partial charge >= 0.3 is 0 Å². The number of nitrogens with one attached hydrogen (secondary N) is 1. The molecule has 1 heterocycles. The Morgan fingerprint density at radius 1 is 1.03 bits per heavy atom. The van der Waals surface area contributed by atoms with Gasteiger partial charge in [0, 0.05) is 20.3 Å². The number of ether oxygens (including phenoxy) is 3. The van der Waals surface area contributed by atoms with Crippen LogP contribution in [0.5, 0.6) is 0 Å². The van der Waals surface area contributed by atoms with E-state index in [-0.39, 0.29) is 5.91 Å². The zero-order valence-electron chi connectivity index (χ0n) is 19.3. The molecule has 1 amide bonds. The summed E-state index contributed by atoms with van der Waals surface area (Å²) in [6.45, 7) is 0. The first-order chi connectivity index (χ1) is 16.0. The maximum absolute atomic E-state index is 12.7. The van der Waals surface area contributed by atoms with Gasteiger partial charge in [0.05, 0.1) is 5.70 Å². The van der Waals surface area contributed by atoms with Crippen LogP contribution in [0.1, 0.15) is 37.7 Å². The Hall–Kier alpha value is -2.51. The molecule has 0 bridgehead atoms. The SMILES string of the molecule is COC1(OC)C(NC(=O)/C=C/C=C/C=C/C2CCCCC2)=C[C@](O)(c2ccccc2)[C@H]2O[C@H]21. The second-order valence-corrected chi connectivity index (χ2v) is 8.82. The zero-order chi connectivity index (χ0) is 23.3. The van der Waals surface area contributed by atoms with Crippen LogP contribution in [0.25, 0.3) is 0 Å². The van der Waals surface area contributed by atoms with E-state index in [9.17, 15) is 9.90 Å². The van der Waals surface area contributed by atoms with Crippen LogP contribution in [0.3, 0.4) is 0 Å². The number of carbonyl (C=O) groups is 1. The highest BCUT2D eigenvalue weighted by Crippen LogP contribution is 2.53. The van der Waals surface area contributed by atoms with Crippen molar-refractivity contribution in [3.63, 3.8) is 0 Å². The number of methoxy groups -OCH3 is 2. The summed E-state index contributed by atoms with van der Waals surface area (Å²) < 4.78 is 17.1. The first kappa shape index (κ1) is 23.6. The highest BCUT2D eigenvalue weighted by molar-refractivity contribution is 5.89. The van der Waals surface area contributed by atoms with Gasteiger partial charge in [0.1, 0.15) is 17.8 Å². The number of benzene rings is 1. The van der Waals surface area contributed by atoms with Gasteiger partial charge in [-0.25, -0.2) is 0 Å². The summed E-state index contributed by atoms with van der Waals surface area (Å²) in [7, 11) is 2.98. The standard InChI is InChI=1S/C27H33NO5/c1-31-27(32-2)22(19-26(30,24-25(27)33-24)21-16-10-6-11-17-21)28-23(29)18-12-4-3-7-13-20-14-8-5-9-15-20/h3-4,6-7,10-13,16-20,24-25,30H,5,8-9,14-15H2,1-2H3,(H,28,29)/b4-3+,13-7+,18-12+/t24-,25+,26-/m0/s1. The van der Waals surface area contributed by atoms with Gasteiger partial charge < -0.3 is 24.6 Å². The first-order valence-electron chi connectivity index (χ1n) is 11.6. The Labute approximate surface area is 195 Å². The van der Waals surface area contributed by atoms with Gasteiger partial charge in [-0.05, 0) is 30.4 Å². The van der Waals surface area contributed by atoms with Crippen molar-refractivity contribution < 1.29 is 24.1 Å². The predicted molar refractivity (Wildman–Crippen MR) is 126 cm³/mol. The van der Waals surface area contributed by atoms with E-state index in [1.54, 1.807) is 12.2 Å². The monoisotopic (exact) mass is 451 g/mol. The van der Waals surface area contributed by atoms with Gasteiger partial charge in [0.25, 0.3) is 0 Å². The van der Waals surface area contributed by atoms with Gasteiger partial charge in [-0.2, -0.15) is 0 Å². The third-order valence-corrected chi connectivity index (χ3v) is 6.75. The lowest BCUT2D eigenvalue weighted by Gasteiger charge is -2.38. The summed E-state index contributed by atoms with van der Waals surface area (Å²) >= 11 is 0. The van der Waals surface area contributed by atoms with Crippen molar-refractivity contribution in [1.82, 2.24) is 5.32 Å². The molecule has 2 aliphatic carbocycles. The van der Waals surface area contributed by atoms with Crippen LogP contribution in [0.15, 0.2) is 78.6 Å². The van der Waals surface area contributed by atoms with Gasteiger partial charge in [-0.1, -0.05) is 80.0 Å². The number of amides is 1. The van der Waals surface area contributed by atoms with Crippen LogP contribution in [0.2, 0.25) is 0 Å². The molecule has 1 saturated carbocycles. The molecule has 2 fully saturated rings. The Morgan fingerprint density at radius 2 is 1.73 bits per heavy atom. The zero-order valence-corrected chi connectivity index (χ0v) is 19.3. The average Bonchev–Trinajstić information content (AvgIpc) is 3.66. The molecule has 33 heavy (non-hydrogen) atoms. The van der Waals surface area contributed by atoms with E-state index in [1.807, 2.05) is 48.6 Å². The summed E-state index contributed by atoms with van der Waals surface area (Å²) in [5.41, 5.74) is -0.412. The molecular weight excluding hydrogens is 418 g/mol. The highest BCUT2D eigenvalue weighted by Gasteiger charge is 2.69. The number of aliphatic hydroxyl groups is 1. The molecule has 0 radical (unpaired) electrons. The maximum atomic E-state index is 12.7. The van der Waals surface area contributed by atoms with Gasteiger partial charge in [-0.15, -0.1) is 0 Å². The minimum Gasteiger partial charge on any atom is -0.378 e. The molecule has 1 saturated heterocycles. The topological polar surface area (TPSA) is 80.3 Å². The summed E-state index contributed by atoms with van der Waals surface area (Å²) in [6, 6.07) is 9.23. The fraction of sp³-hybridized carbons (Fsp3) is 0.444. The maximum Gasteiger partial charge on any atom is 0.248 e. The minimum atomic E-state index is -1.40. The smallest absolute Gasteiger partial charge is 0.248 e. The lowest BCUT2D eigenvalue weighted by molar-refractivity contribution is -0.198. The lowest BCUT2D eigenvalue weighted by Crippen LogP contribution is -2.54. The van der Waals surface area contributed by atoms with Gasteiger partial charge in [0.15, 0.2) is 0 Å². The fourth-order valence-electron chi connectivity index (χ4n) is 4.90. The molecule has 0 aromatic heterocycles. The molecule has 1 aromatic rings. The number of rotatable bonds is 8. The van der Waals surface area contributed by atoms with Crippen LogP contribution >= 0.6 is 0 Å². The molecule has 3 aliphatic rings. The molecule has 4 rings (SSSR count). The number of hydrogen-bond donors (Lipinski definition) is 2. The van der Waals surface area contributed by atoms with E-state index in [0.717, 1.165) is 0 Å². The Kier molecular flexibility index (Phi) is 7.29. The second-order valence-electron chi connectivity index (χ2n) is 8.82. The van der Waals surface area contributed by atoms with Crippen molar-refractivity contribution in [2.45, 2.75) is 55.7 Å². The summed E-state index contributed by atoms with van der Waals surface area (Å²) in [5, 5.41) is 14.3. The van der Waals surface area contributed by atoms with Gasteiger partial charge in [0.2, 0.25) is 11.7 Å². The van der Waals surface area contributed by atoms with E-state index in [0.29, 0.717) is 17.2 Å². The number of epoxide rings is 1. The largest absolute Gasteiger partial charge is 0.378 e. The van der Waals surface area contributed by atoms with Crippen LogP contribution in [0, 0.1) is 5.92 Å². The van der Waals surface area contributed by atoms with Crippen molar-refractivity contribution in [2.75, 3.05) is 14.2 Å². The van der Waals surface area contributed by atoms with Gasteiger partial charge in [-0.3, -0.25) is 4.79 Å². The predicted octanol–water partition coefficient (Wildman–Crippen LogP) is 3.89. The summed E-state index contributed by atoms with van der Waals surface area (Å²) in [4.78, 5) is 12.7. The third-order valence-electron chi connectivity index (χ3n) is 6.75. The average molecular weight is 452 g/mol. The molecule has 2 N–H and O–H groups in total. The van der Waals surface area contributed by atoms with Crippen LogP contribution in [-0.2, 0) is 24.6 Å². The number of allylic oxidation sites excluding steroid dienone is 5.